The van der Waals surface area contributed by atoms with Gasteiger partial charge in [0.05, 0.1) is 27.6 Å². The van der Waals surface area contributed by atoms with Gasteiger partial charge in [-0.1, -0.05) is 42.5 Å². The number of fused-ring (bicyclic) bond motifs is 1. The third-order valence-electron chi connectivity index (χ3n) is 5.37. The highest BCUT2D eigenvalue weighted by atomic mass is 79.9. The number of hydrogen-bond acceptors (Lipinski definition) is 5. The molecule has 0 N–H and O–H groups in total. The van der Waals surface area contributed by atoms with E-state index >= 15 is 0 Å². The van der Waals surface area contributed by atoms with Gasteiger partial charge in [0, 0.05) is 17.7 Å². The summed E-state index contributed by atoms with van der Waals surface area (Å²) in [5.41, 5.74) is 3.00. The first kappa shape index (κ1) is 24.0. The maximum atomic E-state index is 10.9. The zero-order valence-electron chi connectivity index (χ0n) is 18.9. The first-order chi connectivity index (χ1) is 17.0. The lowest BCUT2D eigenvalue weighted by molar-refractivity contribution is -0.384. The van der Waals surface area contributed by atoms with Gasteiger partial charge in [-0.05, 0) is 75.1 Å². The predicted octanol–water partition coefficient (Wildman–Crippen LogP) is 7.55. The average molecular weight is 529 g/mol. The molecule has 4 aromatic rings. The van der Waals surface area contributed by atoms with Crippen LogP contribution in [0.3, 0.4) is 0 Å². The molecule has 35 heavy (non-hydrogen) atoms. The Bertz CT molecular complexity index is 1450. The summed E-state index contributed by atoms with van der Waals surface area (Å²) in [6.07, 6.45) is 1.83. The van der Waals surface area contributed by atoms with Gasteiger partial charge in [-0.15, -0.1) is 0 Å². The van der Waals surface area contributed by atoms with E-state index in [1.807, 2.05) is 67.6 Å². The van der Waals surface area contributed by atoms with E-state index in [-0.39, 0.29) is 12.3 Å². The van der Waals surface area contributed by atoms with Crippen molar-refractivity contribution in [3.63, 3.8) is 0 Å². The summed E-state index contributed by atoms with van der Waals surface area (Å²) < 4.78 is 12.5. The van der Waals surface area contributed by atoms with Gasteiger partial charge in [0.25, 0.3) is 5.69 Å². The Hall–Kier alpha value is -4.15. The molecule has 0 saturated carbocycles. The second-order valence-electron chi connectivity index (χ2n) is 7.67. The minimum atomic E-state index is -0.436. The van der Waals surface area contributed by atoms with Crippen LogP contribution in [0.15, 0.2) is 83.3 Å². The smallest absolute Gasteiger partial charge is 0.269 e. The zero-order valence-corrected chi connectivity index (χ0v) is 20.5. The van der Waals surface area contributed by atoms with E-state index in [2.05, 4.69) is 22.0 Å². The van der Waals surface area contributed by atoms with Gasteiger partial charge >= 0.3 is 0 Å². The number of halogens is 1. The van der Waals surface area contributed by atoms with Crippen molar-refractivity contribution in [3.05, 3.63) is 110 Å². The molecule has 0 amide bonds. The van der Waals surface area contributed by atoms with E-state index in [0.29, 0.717) is 28.2 Å². The number of hydrogen-bond donors (Lipinski definition) is 0. The lowest BCUT2D eigenvalue weighted by Crippen LogP contribution is -2.01. The van der Waals surface area contributed by atoms with E-state index in [1.54, 1.807) is 12.1 Å². The number of rotatable bonds is 8. The third-order valence-corrected chi connectivity index (χ3v) is 5.96. The van der Waals surface area contributed by atoms with E-state index in [9.17, 15) is 15.4 Å². The molecule has 6 nitrogen and oxygen atoms in total. The van der Waals surface area contributed by atoms with Gasteiger partial charge in [0.15, 0.2) is 11.5 Å². The fourth-order valence-corrected chi connectivity index (χ4v) is 4.32. The van der Waals surface area contributed by atoms with Crippen molar-refractivity contribution in [2.75, 3.05) is 6.61 Å². The first-order valence-electron chi connectivity index (χ1n) is 10.9. The molecule has 0 aliphatic rings. The molecule has 4 rings (SSSR count). The van der Waals surface area contributed by atoms with Crippen LogP contribution in [0.2, 0.25) is 0 Å². The highest BCUT2D eigenvalue weighted by Crippen LogP contribution is 2.39. The Balaban J connectivity index is 1.66. The normalized spacial score (nSPS) is 11.2. The summed E-state index contributed by atoms with van der Waals surface area (Å²) in [5, 5.41) is 22.9. The number of ether oxygens (including phenoxy) is 2. The molecule has 4 aromatic carbocycles. The maximum absolute atomic E-state index is 10.9. The second-order valence-corrected chi connectivity index (χ2v) is 8.53. The summed E-state index contributed by atoms with van der Waals surface area (Å²) in [6, 6.07) is 26.1. The largest absolute Gasteiger partial charge is 0.490 e. The molecule has 0 aliphatic heterocycles. The Morgan fingerprint density at radius 2 is 1.80 bits per heavy atom. The van der Waals surface area contributed by atoms with Gasteiger partial charge in [-0.3, -0.25) is 10.1 Å². The van der Waals surface area contributed by atoms with Crippen molar-refractivity contribution >= 4 is 44.0 Å². The Morgan fingerprint density at radius 1 is 1.06 bits per heavy atom. The summed E-state index contributed by atoms with van der Waals surface area (Å²) in [6.45, 7) is 2.53. The van der Waals surface area contributed by atoms with Crippen molar-refractivity contribution in [2.45, 2.75) is 13.5 Å². The van der Waals surface area contributed by atoms with E-state index in [1.165, 1.54) is 12.1 Å². The van der Waals surface area contributed by atoms with E-state index in [0.717, 1.165) is 27.5 Å². The van der Waals surface area contributed by atoms with Crippen LogP contribution >= 0.6 is 15.9 Å². The molecule has 0 bridgehead atoms. The summed E-state index contributed by atoms with van der Waals surface area (Å²) in [5.74, 6) is 1.05. The fourth-order valence-electron chi connectivity index (χ4n) is 3.74. The first-order valence-corrected chi connectivity index (χ1v) is 11.7. The number of nitriles is 1. The van der Waals surface area contributed by atoms with E-state index in [4.69, 9.17) is 9.47 Å². The lowest BCUT2D eigenvalue weighted by atomic mass is 9.97. The van der Waals surface area contributed by atoms with Crippen molar-refractivity contribution in [2.24, 2.45) is 0 Å². The van der Waals surface area contributed by atoms with Crippen LogP contribution in [-0.2, 0) is 6.61 Å². The Kier molecular flexibility index (Phi) is 7.44. The molecule has 0 unspecified atom stereocenters. The monoisotopic (exact) mass is 528 g/mol. The molecule has 174 valence electrons. The molecule has 0 fully saturated rings. The number of nitro benzene ring substituents is 1. The van der Waals surface area contributed by atoms with Crippen LogP contribution < -0.4 is 9.47 Å². The fraction of sp³-hybridized carbons (Fsp3) is 0.107. The molecule has 0 heterocycles. The van der Waals surface area contributed by atoms with Crippen molar-refractivity contribution in [3.8, 4) is 17.6 Å². The zero-order chi connectivity index (χ0) is 24.8. The molecular formula is C28H21BrN2O4. The molecule has 0 aliphatic carbocycles. The standard InChI is InChI=1S/C28H21BrN2O4/c1-2-34-27-16-20(14-22(17-30)25-9-5-7-21-6-3-4-8-24(21)25)15-26(29)28(27)35-18-19-10-12-23(13-11-19)31(32)33/h3-16H,2,18H2,1H3/b22-14-. The number of benzene rings is 4. The number of nitro groups is 1. The molecule has 0 saturated heterocycles. The van der Waals surface area contributed by atoms with Gasteiger partial charge in [-0.2, -0.15) is 5.26 Å². The van der Waals surface area contributed by atoms with Crippen molar-refractivity contribution in [1.82, 2.24) is 0 Å². The lowest BCUT2D eigenvalue weighted by Gasteiger charge is -2.15. The molecule has 0 radical (unpaired) electrons. The minimum Gasteiger partial charge on any atom is -0.490 e. The molecule has 0 atom stereocenters. The van der Waals surface area contributed by atoms with Crippen LogP contribution in [0.1, 0.15) is 23.6 Å². The van der Waals surface area contributed by atoms with E-state index < -0.39 is 4.92 Å². The predicted molar refractivity (Wildman–Crippen MR) is 140 cm³/mol. The number of non-ortho nitro benzene ring substituents is 1. The van der Waals surface area contributed by atoms with Crippen LogP contribution in [0.4, 0.5) is 5.69 Å². The maximum Gasteiger partial charge on any atom is 0.269 e. The topological polar surface area (TPSA) is 85.4 Å². The van der Waals surface area contributed by atoms with Gasteiger partial charge in [0.2, 0.25) is 0 Å². The van der Waals surface area contributed by atoms with Crippen LogP contribution in [0.5, 0.6) is 11.5 Å². The van der Waals surface area contributed by atoms with Gasteiger partial charge in [-0.25, -0.2) is 0 Å². The summed E-state index contributed by atoms with van der Waals surface area (Å²) in [4.78, 5) is 10.4. The van der Waals surface area contributed by atoms with Gasteiger partial charge < -0.3 is 9.47 Å². The molecule has 0 spiro atoms. The number of allylic oxidation sites excluding steroid dienone is 1. The van der Waals surface area contributed by atoms with Crippen LogP contribution in [0.25, 0.3) is 22.4 Å². The quantitative estimate of drug-likeness (QED) is 0.102. The molecule has 0 aromatic heterocycles. The van der Waals surface area contributed by atoms with Crippen LogP contribution in [0, 0.1) is 21.4 Å². The van der Waals surface area contributed by atoms with Crippen molar-refractivity contribution in [1.29, 1.82) is 5.26 Å². The summed E-state index contributed by atoms with van der Waals surface area (Å²) >= 11 is 3.57. The second kappa shape index (κ2) is 10.9. The molecular weight excluding hydrogens is 508 g/mol. The third kappa shape index (κ3) is 5.51. The number of nitrogens with zero attached hydrogens (tertiary/aromatic N) is 2. The summed E-state index contributed by atoms with van der Waals surface area (Å²) in [7, 11) is 0. The SMILES string of the molecule is CCOc1cc(/C=C(/C#N)c2cccc3ccccc23)cc(Br)c1OCc1ccc([N+](=O)[O-])cc1. The minimum absolute atomic E-state index is 0.0283. The Labute approximate surface area is 211 Å². The Morgan fingerprint density at radius 3 is 2.51 bits per heavy atom. The highest BCUT2D eigenvalue weighted by molar-refractivity contribution is 9.10. The molecule has 7 heteroatoms. The average Bonchev–Trinajstić information content (AvgIpc) is 2.87. The highest BCUT2D eigenvalue weighted by Gasteiger charge is 2.14. The van der Waals surface area contributed by atoms with Crippen LogP contribution in [-0.4, -0.2) is 11.5 Å². The van der Waals surface area contributed by atoms with Gasteiger partial charge in [0.1, 0.15) is 6.61 Å². The van der Waals surface area contributed by atoms with Crippen molar-refractivity contribution < 1.29 is 14.4 Å².